The molecule has 0 bridgehead atoms. The summed E-state index contributed by atoms with van der Waals surface area (Å²) in [5, 5.41) is 3.02. The van der Waals surface area contributed by atoms with Gasteiger partial charge in [0.25, 0.3) is 0 Å². The molecule has 1 atom stereocenters. The van der Waals surface area contributed by atoms with Crippen LogP contribution in [0.5, 0.6) is 0 Å². The van der Waals surface area contributed by atoms with Crippen LogP contribution in [0.2, 0.25) is 0 Å². The third kappa shape index (κ3) is 10.0. The maximum atomic E-state index is 12.1. The maximum absolute atomic E-state index is 12.1. The zero-order valence-electron chi connectivity index (χ0n) is 18.2. The Morgan fingerprint density at radius 3 is 2.23 bits per heavy atom. The summed E-state index contributed by atoms with van der Waals surface area (Å²) < 4.78 is 0. The van der Waals surface area contributed by atoms with Crippen LogP contribution in [-0.2, 0) is 11.2 Å². The molecular weight excluding hydrogens is 429 g/mol. The highest BCUT2D eigenvalue weighted by molar-refractivity contribution is 5.85. The molecule has 0 aliphatic carbocycles. The number of halogens is 2. The summed E-state index contributed by atoms with van der Waals surface area (Å²) >= 11 is 0. The number of benzene rings is 2. The highest BCUT2D eigenvalue weighted by Gasteiger charge is 2.19. The first-order valence-corrected chi connectivity index (χ1v) is 11.0. The van der Waals surface area contributed by atoms with Gasteiger partial charge in [-0.25, -0.2) is 0 Å². The number of unbranched alkanes of at least 4 members (excludes halogenated alkanes) is 1. The van der Waals surface area contributed by atoms with E-state index < -0.39 is 0 Å². The van der Waals surface area contributed by atoms with Gasteiger partial charge in [0.1, 0.15) is 0 Å². The van der Waals surface area contributed by atoms with Gasteiger partial charge in [-0.2, -0.15) is 0 Å². The standard InChI is InChI=1S/C25H35N3O.2ClH/c26-24(23-11-5-2-6-12-23)20-25(29)27-15-7-8-16-28-17-13-22(14-18-28)19-21-9-3-1-4-10-21;;/h1-6,9-12,22,24H,7-8,13-20,26H2,(H,27,29);2*1H. The van der Waals surface area contributed by atoms with Crippen LogP contribution in [0.1, 0.15) is 49.3 Å². The van der Waals surface area contributed by atoms with Gasteiger partial charge in [0.05, 0.1) is 0 Å². The second-order valence-corrected chi connectivity index (χ2v) is 8.25. The maximum Gasteiger partial charge on any atom is 0.221 e. The molecule has 2 aromatic rings. The Labute approximate surface area is 199 Å². The smallest absolute Gasteiger partial charge is 0.221 e. The topological polar surface area (TPSA) is 58.4 Å². The molecule has 1 unspecified atom stereocenters. The first kappa shape index (κ1) is 27.4. The van der Waals surface area contributed by atoms with Crippen LogP contribution in [0.25, 0.3) is 0 Å². The summed E-state index contributed by atoms with van der Waals surface area (Å²) in [6.45, 7) is 4.29. The van der Waals surface area contributed by atoms with Gasteiger partial charge in [0, 0.05) is 19.0 Å². The SMILES string of the molecule is Cl.Cl.NC(CC(=O)NCCCCN1CCC(Cc2ccccc2)CC1)c1ccccc1. The molecule has 4 nitrogen and oxygen atoms in total. The lowest BCUT2D eigenvalue weighted by molar-refractivity contribution is -0.121. The fourth-order valence-corrected chi connectivity index (χ4v) is 4.14. The summed E-state index contributed by atoms with van der Waals surface area (Å²) in [5.41, 5.74) is 8.59. The van der Waals surface area contributed by atoms with Crippen molar-refractivity contribution in [1.29, 1.82) is 0 Å². The summed E-state index contributed by atoms with van der Waals surface area (Å²) in [7, 11) is 0. The minimum absolute atomic E-state index is 0. The van der Waals surface area contributed by atoms with Gasteiger partial charge < -0.3 is 16.0 Å². The first-order valence-electron chi connectivity index (χ1n) is 11.0. The predicted octanol–water partition coefficient (Wildman–Crippen LogP) is 4.77. The molecule has 172 valence electrons. The highest BCUT2D eigenvalue weighted by atomic mass is 35.5. The Kier molecular flexibility index (Phi) is 13.5. The Hall–Kier alpha value is -1.59. The summed E-state index contributed by atoms with van der Waals surface area (Å²) in [4.78, 5) is 14.7. The van der Waals surface area contributed by atoms with Crippen molar-refractivity contribution in [1.82, 2.24) is 10.2 Å². The van der Waals surface area contributed by atoms with Crippen molar-refractivity contribution in [3.8, 4) is 0 Å². The number of likely N-dealkylation sites (tertiary alicyclic amines) is 1. The lowest BCUT2D eigenvalue weighted by Crippen LogP contribution is -2.35. The van der Waals surface area contributed by atoms with E-state index in [2.05, 4.69) is 40.5 Å². The van der Waals surface area contributed by atoms with Crippen LogP contribution in [-0.4, -0.2) is 37.0 Å². The normalized spacial score (nSPS) is 15.4. The average molecular weight is 466 g/mol. The van der Waals surface area contributed by atoms with Gasteiger partial charge in [-0.1, -0.05) is 60.7 Å². The van der Waals surface area contributed by atoms with Crippen LogP contribution in [0.4, 0.5) is 0 Å². The largest absolute Gasteiger partial charge is 0.356 e. The number of nitrogens with two attached hydrogens (primary N) is 1. The number of hydrogen-bond acceptors (Lipinski definition) is 3. The Balaban J connectivity index is 0.00000240. The molecule has 3 N–H and O–H groups in total. The second kappa shape index (κ2) is 15.3. The van der Waals surface area contributed by atoms with Crippen molar-refractivity contribution in [3.05, 3.63) is 71.8 Å². The molecule has 1 heterocycles. The van der Waals surface area contributed by atoms with Crippen LogP contribution in [0, 0.1) is 5.92 Å². The van der Waals surface area contributed by atoms with Gasteiger partial charge in [-0.15, -0.1) is 24.8 Å². The van der Waals surface area contributed by atoms with Gasteiger partial charge >= 0.3 is 0 Å². The Morgan fingerprint density at radius 1 is 0.968 bits per heavy atom. The molecule has 0 spiro atoms. The third-order valence-corrected chi connectivity index (χ3v) is 5.93. The lowest BCUT2D eigenvalue weighted by Gasteiger charge is -2.32. The van der Waals surface area contributed by atoms with Gasteiger partial charge in [0.2, 0.25) is 5.91 Å². The van der Waals surface area contributed by atoms with E-state index >= 15 is 0 Å². The van der Waals surface area contributed by atoms with E-state index in [9.17, 15) is 4.79 Å². The van der Waals surface area contributed by atoms with Crippen molar-refractivity contribution < 1.29 is 4.79 Å². The molecule has 1 fully saturated rings. The number of hydrogen-bond donors (Lipinski definition) is 2. The van der Waals surface area contributed by atoms with Crippen molar-refractivity contribution in [2.45, 2.75) is 44.6 Å². The zero-order valence-corrected chi connectivity index (χ0v) is 19.9. The number of rotatable bonds is 10. The molecule has 0 saturated carbocycles. The highest BCUT2D eigenvalue weighted by Crippen LogP contribution is 2.21. The monoisotopic (exact) mass is 465 g/mol. The zero-order chi connectivity index (χ0) is 20.3. The van der Waals surface area contributed by atoms with Crippen LogP contribution < -0.4 is 11.1 Å². The van der Waals surface area contributed by atoms with E-state index in [1.807, 2.05) is 30.3 Å². The molecule has 1 amide bonds. The Morgan fingerprint density at radius 2 is 1.58 bits per heavy atom. The number of carbonyl (C=O) groups is 1. The quantitative estimate of drug-likeness (QED) is 0.496. The number of piperidine rings is 1. The molecule has 0 aromatic heterocycles. The van der Waals surface area contributed by atoms with E-state index in [0.29, 0.717) is 6.42 Å². The minimum atomic E-state index is -0.228. The van der Waals surface area contributed by atoms with Gasteiger partial charge in [-0.05, 0) is 68.8 Å². The van der Waals surface area contributed by atoms with E-state index in [0.717, 1.165) is 37.4 Å². The van der Waals surface area contributed by atoms with E-state index in [1.165, 1.54) is 37.9 Å². The van der Waals surface area contributed by atoms with Crippen LogP contribution in [0.15, 0.2) is 60.7 Å². The fraction of sp³-hybridized carbons (Fsp3) is 0.480. The van der Waals surface area contributed by atoms with Crippen molar-refractivity contribution in [2.75, 3.05) is 26.2 Å². The summed E-state index contributed by atoms with van der Waals surface area (Å²) in [6, 6.07) is 20.4. The van der Waals surface area contributed by atoms with Gasteiger partial charge in [0.15, 0.2) is 0 Å². The number of amides is 1. The lowest BCUT2D eigenvalue weighted by atomic mass is 9.90. The van der Waals surface area contributed by atoms with Crippen molar-refractivity contribution in [2.24, 2.45) is 11.7 Å². The molecular formula is C25H37Cl2N3O. The molecule has 3 rings (SSSR count). The fourth-order valence-electron chi connectivity index (χ4n) is 4.14. The minimum Gasteiger partial charge on any atom is -0.356 e. The van der Waals surface area contributed by atoms with Gasteiger partial charge in [-0.3, -0.25) is 4.79 Å². The van der Waals surface area contributed by atoms with E-state index in [-0.39, 0.29) is 36.8 Å². The molecule has 2 aromatic carbocycles. The molecule has 0 radical (unpaired) electrons. The number of nitrogens with one attached hydrogen (secondary N) is 1. The predicted molar refractivity (Wildman–Crippen MR) is 134 cm³/mol. The number of carbonyl (C=O) groups excluding carboxylic acids is 1. The van der Waals surface area contributed by atoms with Crippen LogP contribution >= 0.6 is 24.8 Å². The molecule has 31 heavy (non-hydrogen) atoms. The number of nitrogens with zero attached hydrogens (tertiary/aromatic N) is 1. The van der Waals surface area contributed by atoms with Crippen molar-refractivity contribution >= 4 is 30.7 Å². The molecule has 6 heteroatoms. The first-order chi connectivity index (χ1) is 14.2. The molecule has 1 saturated heterocycles. The second-order valence-electron chi connectivity index (χ2n) is 8.25. The molecule has 1 aliphatic heterocycles. The average Bonchev–Trinajstić information content (AvgIpc) is 2.76. The van der Waals surface area contributed by atoms with E-state index in [4.69, 9.17) is 5.73 Å². The van der Waals surface area contributed by atoms with Crippen molar-refractivity contribution in [3.63, 3.8) is 0 Å². The third-order valence-electron chi connectivity index (χ3n) is 5.93. The summed E-state index contributed by atoms with van der Waals surface area (Å²) in [5.74, 6) is 0.866. The Bertz CT molecular complexity index is 722. The molecule has 1 aliphatic rings. The summed E-state index contributed by atoms with van der Waals surface area (Å²) in [6.07, 6.45) is 6.31. The van der Waals surface area contributed by atoms with Crippen LogP contribution in [0.3, 0.4) is 0 Å². The van der Waals surface area contributed by atoms with E-state index in [1.54, 1.807) is 0 Å².